The van der Waals surface area contributed by atoms with Crippen LogP contribution in [0, 0.1) is 17.2 Å². The number of nitriles is 1. The highest BCUT2D eigenvalue weighted by molar-refractivity contribution is 5.69. The van der Waals surface area contributed by atoms with Gasteiger partial charge < -0.3 is 24.0 Å². The van der Waals surface area contributed by atoms with Gasteiger partial charge in [0.15, 0.2) is 11.5 Å². The molecule has 1 unspecified atom stereocenters. The van der Waals surface area contributed by atoms with Crippen molar-refractivity contribution in [3.8, 4) is 17.6 Å². The number of benzene rings is 1. The highest BCUT2D eigenvalue weighted by Crippen LogP contribution is 2.33. The van der Waals surface area contributed by atoms with Crippen molar-refractivity contribution in [3.63, 3.8) is 0 Å². The van der Waals surface area contributed by atoms with E-state index in [0.717, 1.165) is 57.2 Å². The summed E-state index contributed by atoms with van der Waals surface area (Å²) >= 11 is 0. The number of rotatable bonds is 7. The smallest absolute Gasteiger partial charge is 0.409 e. The number of carbonyl (C=O) groups excluding carboxylic acids is 1. The highest BCUT2D eigenvalue weighted by atomic mass is 16.6. The number of cyclic esters (lactones) is 1. The van der Waals surface area contributed by atoms with E-state index in [1.54, 1.807) is 12.1 Å². The summed E-state index contributed by atoms with van der Waals surface area (Å²) in [6.07, 6.45) is 5.51. The van der Waals surface area contributed by atoms with Crippen LogP contribution in [0.3, 0.4) is 0 Å². The number of amides is 1. The molecule has 0 aliphatic carbocycles. The Morgan fingerprint density at radius 1 is 1.07 bits per heavy atom. The number of hydrogen-bond acceptors (Lipinski definition) is 6. The van der Waals surface area contributed by atoms with Gasteiger partial charge in [0, 0.05) is 25.6 Å². The first-order valence-electron chi connectivity index (χ1n) is 10.7. The van der Waals surface area contributed by atoms with Gasteiger partial charge in [-0.2, -0.15) is 5.26 Å². The molecule has 29 heavy (non-hydrogen) atoms. The van der Waals surface area contributed by atoms with Crippen LogP contribution in [0.1, 0.15) is 37.7 Å². The summed E-state index contributed by atoms with van der Waals surface area (Å²) in [7, 11) is 0. The van der Waals surface area contributed by atoms with Crippen molar-refractivity contribution in [3.05, 3.63) is 23.8 Å². The lowest BCUT2D eigenvalue weighted by atomic mass is 9.92. The number of fused-ring (bicyclic) bond motifs is 1. The van der Waals surface area contributed by atoms with Gasteiger partial charge >= 0.3 is 6.09 Å². The summed E-state index contributed by atoms with van der Waals surface area (Å²) in [5.74, 6) is 2.17. The SMILES string of the molecule is N#Cc1ccc2c(c1)OC(CCN1CCC(CCCN3CCOC3=O)CC1)CO2. The zero-order valence-corrected chi connectivity index (χ0v) is 16.8. The summed E-state index contributed by atoms with van der Waals surface area (Å²) in [5.41, 5.74) is 0.594. The maximum absolute atomic E-state index is 11.5. The third-order valence-electron chi connectivity index (χ3n) is 6.15. The number of piperidine rings is 1. The number of hydrogen-bond donors (Lipinski definition) is 0. The third kappa shape index (κ3) is 5.13. The average molecular weight is 399 g/mol. The zero-order valence-electron chi connectivity index (χ0n) is 16.8. The number of likely N-dealkylation sites (tertiary alicyclic amines) is 1. The molecule has 0 radical (unpaired) electrons. The molecule has 2 fully saturated rings. The summed E-state index contributed by atoms with van der Waals surface area (Å²) in [5, 5.41) is 9.04. The molecule has 2 saturated heterocycles. The van der Waals surface area contributed by atoms with Crippen LogP contribution in [0.15, 0.2) is 18.2 Å². The van der Waals surface area contributed by atoms with Crippen molar-refractivity contribution < 1.29 is 19.0 Å². The molecule has 1 amide bonds. The van der Waals surface area contributed by atoms with E-state index in [1.165, 1.54) is 19.3 Å². The van der Waals surface area contributed by atoms with Crippen LogP contribution in [0.2, 0.25) is 0 Å². The molecule has 0 bridgehead atoms. The Hall–Kier alpha value is -2.46. The third-order valence-corrected chi connectivity index (χ3v) is 6.15. The van der Waals surface area contributed by atoms with E-state index >= 15 is 0 Å². The minimum Gasteiger partial charge on any atom is -0.486 e. The fourth-order valence-electron chi connectivity index (χ4n) is 4.35. The number of ether oxygens (including phenoxy) is 3. The summed E-state index contributed by atoms with van der Waals surface area (Å²) in [4.78, 5) is 15.8. The van der Waals surface area contributed by atoms with Crippen molar-refractivity contribution in [1.82, 2.24) is 9.80 Å². The van der Waals surface area contributed by atoms with E-state index < -0.39 is 0 Å². The van der Waals surface area contributed by atoms with Crippen molar-refractivity contribution in [1.29, 1.82) is 5.26 Å². The fraction of sp³-hybridized carbons (Fsp3) is 0.636. The predicted molar refractivity (Wildman–Crippen MR) is 107 cm³/mol. The Kier molecular flexibility index (Phi) is 6.40. The van der Waals surface area contributed by atoms with Gasteiger partial charge in [0.1, 0.15) is 19.3 Å². The quantitative estimate of drug-likeness (QED) is 0.702. The fourth-order valence-corrected chi connectivity index (χ4v) is 4.35. The maximum atomic E-state index is 11.5. The van der Waals surface area contributed by atoms with Gasteiger partial charge in [0.05, 0.1) is 18.2 Å². The van der Waals surface area contributed by atoms with E-state index in [1.807, 2.05) is 11.0 Å². The molecule has 7 heteroatoms. The van der Waals surface area contributed by atoms with Crippen LogP contribution in [-0.2, 0) is 4.74 Å². The van der Waals surface area contributed by atoms with E-state index in [-0.39, 0.29) is 12.2 Å². The van der Waals surface area contributed by atoms with Crippen molar-refractivity contribution in [2.45, 2.75) is 38.2 Å². The van der Waals surface area contributed by atoms with E-state index in [4.69, 9.17) is 19.5 Å². The molecule has 0 spiro atoms. The Labute approximate surface area is 172 Å². The first kappa shape index (κ1) is 19.8. The molecule has 1 aromatic rings. The summed E-state index contributed by atoms with van der Waals surface area (Å²) in [6.45, 7) is 5.93. The molecule has 3 aliphatic heterocycles. The molecular formula is C22H29N3O4. The van der Waals surface area contributed by atoms with Crippen LogP contribution in [0.5, 0.6) is 11.5 Å². The minimum absolute atomic E-state index is 0.0365. The molecule has 7 nitrogen and oxygen atoms in total. The van der Waals surface area contributed by atoms with Gasteiger partial charge in [-0.05, 0) is 56.8 Å². The zero-order chi connectivity index (χ0) is 20.1. The van der Waals surface area contributed by atoms with Crippen molar-refractivity contribution in [2.75, 3.05) is 45.9 Å². The lowest BCUT2D eigenvalue weighted by molar-refractivity contribution is 0.0695. The van der Waals surface area contributed by atoms with Crippen molar-refractivity contribution >= 4 is 6.09 Å². The van der Waals surface area contributed by atoms with Crippen molar-refractivity contribution in [2.24, 2.45) is 5.92 Å². The van der Waals surface area contributed by atoms with Crippen LogP contribution in [0.25, 0.3) is 0 Å². The van der Waals surface area contributed by atoms with E-state index in [2.05, 4.69) is 11.0 Å². The van der Waals surface area contributed by atoms with E-state index in [0.29, 0.717) is 24.5 Å². The van der Waals surface area contributed by atoms with Crippen LogP contribution >= 0.6 is 0 Å². The Bertz CT molecular complexity index is 755. The number of nitrogens with zero attached hydrogens (tertiary/aromatic N) is 3. The normalized spacial score (nSPS) is 22.4. The molecule has 1 aromatic carbocycles. The second-order valence-corrected chi connectivity index (χ2v) is 8.14. The Balaban J connectivity index is 1.13. The maximum Gasteiger partial charge on any atom is 0.409 e. The van der Waals surface area contributed by atoms with Gasteiger partial charge in [0.25, 0.3) is 0 Å². The Morgan fingerprint density at radius 2 is 1.93 bits per heavy atom. The largest absolute Gasteiger partial charge is 0.486 e. The van der Waals surface area contributed by atoms with Gasteiger partial charge in [-0.1, -0.05) is 0 Å². The second-order valence-electron chi connectivity index (χ2n) is 8.14. The average Bonchev–Trinajstić information content (AvgIpc) is 3.17. The van der Waals surface area contributed by atoms with Gasteiger partial charge in [-0.3, -0.25) is 0 Å². The van der Waals surface area contributed by atoms with Gasteiger partial charge in [0.2, 0.25) is 0 Å². The molecule has 3 aliphatic rings. The molecule has 0 aromatic heterocycles. The van der Waals surface area contributed by atoms with Crippen LogP contribution < -0.4 is 9.47 Å². The topological polar surface area (TPSA) is 75.0 Å². The molecule has 4 rings (SSSR count). The highest BCUT2D eigenvalue weighted by Gasteiger charge is 2.25. The summed E-state index contributed by atoms with van der Waals surface area (Å²) in [6, 6.07) is 7.46. The first-order valence-corrected chi connectivity index (χ1v) is 10.7. The molecule has 0 saturated carbocycles. The monoisotopic (exact) mass is 399 g/mol. The Morgan fingerprint density at radius 3 is 2.69 bits per heavy atom. The second kappa shape index (κ2) is 9.36. The number of carbonyl (C=O) groups is 1. The van der Waals surface area contributed by atoms with E-state index in [9.17, 15) is 4.79 Å². The van der Waals surface area contributed by atoms with Crippen LogP contribution in [0.4, 0.5) is 4.79 Å². The van der Waals surface area contributed by atoms with Gasteiger partial charge in [-0.15, -0.1) is 0 Å². The molecule has 0 N–H and O–H groups in total. The standard InChI is InChI=1S/C22H29N3O4/c23-15-18-3-4-20-21(14-18)29-19(16-28-20)7-11-24-9-5-17(6-10-24)2-1-8-25-12-13-27-22(25)26/h3-4,14,17,19H,1-2,5-13,16H2. The van der Waals surface area contributed by atoms with Gasteiger partial charge in [-0.25, -0.2) is 4.79 Å². The first-order chi connectivity index (χ1) is 14.2. The molecule has 1 atom stereocenters. The molecule has 3 heterocycles. The lowest BCUT2D eigenvalue weighted by Crippen LogP contribution is -2.38. The molecular weight excluding hydrogens is 370 g/mol. The lowest BCUT2D eigenvalue weighted by Gasteiger charge is -2.34. The molecule has 156 valence electrons. The van der Waals surface area contributed by atoms with Crippen LogP contribution in [-0.4, -0.2) is 67.9 Å². The summed E-state index contributed by atoms with van der Waals surface area (Å²) < 4.78 is 16.8. The minimum atomic E-state index is -0.153. The predicted octanol–water partition coefficient (Wildman–Crippen LogP) is 3.03.